The second-order valence-electron chi connectivity index (χ2n) is 12.1. The van der Waals surface area contributed by atoms with Crippen LogP contribution < -0.4 is 15.5 Å². The standard InChI is InChI=1S/C30H44N6O4/c1-20(2)40-29(38)35-15-12-24-25(18-35)33-26(34-27(24)36-16-17-39-19-21(36)3)22-8-10-23(11-9-22)32-28(37)31-14-7-13-30(4,5)6/h8-11,20-21H,7,12-19H2,1-6H3,(H2,31,32,37). The molecule has 2 N–H and O–H groups in total. The van der Waals surface area contributed by atoms with Crippen molar-refractivity contribution >= 4 is 23.6 Å². The maximum atomic E-state index is 12.7. The number of nitrogens with zero attached hydrogens (tertiary/aromatic N) is 4. The number of hydrogen-bond donors (Lipinski definition) is 2. The Morgan fingerprint density at radius 1 is 1.15 bits per heavy atom. The molecule has 10 heteroatoms. The zero-order chi connectivity index (χ0) is 28.9. The Kier molecular flexibility index (Phi) is 9.50. The third-order valence-electron chi connectivity index (χ3n) is 7.07. The van der Waals surface area contributed by atoms with Gasteiger partial charge in [-0.3, -0.25) is 0 Å². The first-order chi connectivity index (χ1) is 19.0. The number of carbonyl (C=O) groups excluding carboxylic acids is 2. The zero-order valence-electron chi connectivity index (χ0n) is 24.7. The molecule has 1 atom stereocenters. The van der Waals surface area contributed by atoms with Gasteiger partial charge < -0.3 is 29.9 Å². The van der Waals surface area contributed by atoms with Gasteiger partial charge in [-0.05, 0) is 69.7 Å². The topological polar surface area (TPSA) is 109 Å². The lowest BCUT2D eigenvalue weighted by atomic mass is 9.91. The second kappa shape index (κ2) is 12.8. The van der Waals surface area contributed by atoms with E-state index in [0.717, 1.165) is 42.0 Å². The highest BCUT2D eigenvalue weighted by Gasteiger charge is 2.31. The van der Waals surface area contributed by atoms with E-state index < -0.39 is 0 Å². The summed E-state index contributed by atoms with van der Waals surface area (Å²) in [7, 11) is 0. The van der Waals surface area contributed by atoms with Gasteiger partial charge >= 0.3 is 12.1 Å². The zero-order valence-corrected chi connectivity index (χ0v) is 24.7. The maximum absolute atomic E-state index is 12.7. The van der Waals surface area contributed by atoms with Gasteiger partial charge in [0.05, 0.1) is 37.6 Å². The number of anilines is 2. The van der Waals surface area contributed by atoms with Crippen molar-refractivity contribution in [3.63, 3.8) is 0 Å². The van der Waals surface area contributed by atoms with Crippen molar-refractivity contribution in [3.8, 4) is 11.4 Å². The summed E-state index contributed by atoms with van der Waals surface area (Å²) in [5.74, 6) is 1.49. The molecule has 1 aromatic carbocycles. The molecular formula is C30H44N6O4. The number of nitrogens with one attached hydrogen (secondary N) is 2. The molecule has 2 aromatic rings. The molecule has 0 radical (unpaired) electrons. The Hall–Kier alpha value is -3.40. The van der Waals surface area contributed by atoms with Crippen molar-refractivity contribution in [1.29, 1.82) is 0 Å². The van der Waals surface area contributed by atoms with E-state index in [1.54, 1.807) is 4.90 Å². The highest BCUT2D eigenvalue weighted by Crippen LogP contribution is 2.32. The van der Waals surface area contributed by atoms with Gasteiger partial charge in [0.1, 0.15) is 5.82 Å². The molecule has 0 saturated carbocycles. The van der Waals surface area contributed by atoms with Crippen LogP contribution in [0, 0.1) is 5.41 Å². The van der Waals surface area contributed by atoms with E-state index in [0.29, 0.717) is 50.8 Å². The van der Waals surface area contributed by atoms with Crippen molar-refractivity contribution in [2.45, 2.75) is 79.5 Å². The van der Waals surface area contributed by atoms with Crippen LogP contribution in [0.25, 0.3) is 11.4 Å². The molecule has 0 aliphatic carbocycles. The minimum Gasteiger partial charge on any atom is -0.447 e. The summed E-state index contributed by atoms with van der Waals surface area (Å²) in [6.45, 7) is 16.0. The Morgan fingerprint density at radius 2 is 1.90 bits per heavy atom. The molecule has 218 valence electrons. The Balaban J connectivity index is 1.52. The summed E-state index contributed by atoms with van der Waals surface area (Å²) in [4.78, 5) is 39.0. The molecule has 1 unspecified atom stereocenters. The van der Waals surface area contributed by atoms with Gasteiger partial charge in [0.2, 0.25) is 0 Å². The van der Waals surface area contributed by atoms with Crippen LogP contribution in [0.4, 0.5) is 21.1 Å². The summed E-state index contributed by atoms with van der Waals surface area (Å²) in [5.41, 5.74) is 3.69. The average Bonchev–Trinajstić information content (AvgIpc) is 2.90. The van der Waals surface area contributed by atoms with E-state index >= 15 is 0 Å². The van der Waals surface area contributed by atoms with Gasteiger partial charge in [-0.25, -0.2) is 19.6 Å². The van der Waals surface area contributed by atoms with E-state index in [1.807, 2.05) is 38.1 Å². The summed E-state index contributed by atoms with van der Waals surface area (Å²) >= 11 is 0. The third kappa shape index (κ3) is 7.84. The number of benzene rings is 1. The fourth-order valence-corrected chi connectivity index (χ4v) is 4.95. The fourth-order valence-electron chi connectivity index (χ4n) is 4.95. The molecule has 40 heavy (non-hydrogen) atoms. The molecule has 10 nitrogen and oxygen atoms in total. The fraction of sp³-hybridized carbons (Fsp3) is 0.600. The number of ether oxygens (including phenoxy) is 2. The molecule has 3 amide bonds. The smallest absolute Gasteiger partial charge is 0.410 e. The summed E-state index contributed by atoms with van der Waals surface area (Å²) in [5, 5.41) is 5.82. The summed E-state index contributed by atoms with van der Waals surface area (Å²) < 4.78 is 11.1. The lowest BCUT2D eigenvalue weighted by molar-refractivity contribution is 0.0724. The van der Waals surface area contributed by atoms with Crippen molar-refractivity contribution < 1.29 is 19.1 Å². The Bertz CT molecular complexity index is 1180. The molecule has 2 aliphatic heterocycles. The minimum atomic E-state index is -0.325. The number of aromatic nitrogens is 2. The third-order valence-corrected chi connectivity index (χ3v) is 7.07. The van der Waals surface area contributed by atoms with Gasteiger partial charge in [-0.15, -0.1) is 0 Å². The lowest BCUT2D eigenvalue weighted by Gasteiger charge is -2.37. The predicted octanol–water partition coefficient (Wildman–Crippen LogP) is 5.22. The van der Waals surface area contributed by atoms with Crippen molar-refractivity contribution in [1.82, 2.24) is 20.2 Å². The normalized spacial score (nSPS) is 17.4. The molecule has 1 aromatic heterocycles. The molecular weight excluding hydrogens is 508 g/mol. The number of hydrogen-bond acceptors (Lipinski definition) is 7. The van der Waals surface area contributed by atoms with Crippen LogP contribution in [-0.2, 0) is 22.4 Å². The van der Waals surface area contributed by atoms with E-state index in [4.69, 9.17) is 19.4 Å². The van der Waals surface area contributed by atoms with Crippen molar-refractivity contribution in [2.75, 3.05) is 43.1 Å². The van der Waals surface area contributed by atoms with Crippen LogP contribution in [0.3, 0.4) is 0 Å². The van der Waals surface area contributed by atoms with E-state index in [-0.39, 0.29) is 29.7 Å². The van der Waals surface area contributed by atoms with Gasteiger partial charge in [-0.1, -0.05) is 20.8 Å². The second-order valence-corrected chi connectivity index (χ2v) is 12.1. The van der Waals surface area contributed by atoms with Crippen LogP contribution in [0.1, 0.15) is 65.6 Å². The number of morpholine rings is 1. The quantitative estimate of drug-likeness (QED) is 0.453. The molecule has 0 spiro atoms. The maximum Gasteiger partial charge on any atom is 0.410 e. The Labute approximate surface area is 237 Å². The molecule has 1 saturated heterocycles. The molecule has 0 bridgehead atoms. The number of urea groups is 1. The van der Waals surface area contributed by atoms with Gasteiger partial charge in [-0.2, -0.15) is 0 Å². The molecule has 3 heterocycles. The first-order valence-corrected chi connectivity index (χ1v) is 14.3. The highest BCUT2D eigenvalue weighted by molar-refractivity contribution is 5.89. The van der Waals surface area contributed by atoms with Crippen LogP contribution in [0.5, 0.6) is 0 Å². The number of fused-ring (bicyclic) bond motifs is 1. The van der Waals surface area contributed by atoms with Crippen LogP contribution in [-0.4, -0.2) is 72.0 Å². The van der Waals surface area contributed by atoms with Gasteiger partial charge in [0, 0.05) is 36.4 Å². The first-order valence-electron chi connectivity index (χ1n) is 14.3. The Morgan fingerprint density at radius 3 is 2.58 bits per heavy atom. The average molecular weight is 553 g/mol. The number of rotatable bonds is 7. The highest BCUT2D eigenvalue weighted by atomic mass is 16.6. The number of carbonyl (C=O) groups is 2. The molecule has 2 aliphatic rings. The van der Waals surface area contributed by atoms with E-state index in [1.165, 1.54) is 0 Å². The predicted molar refractivity (Wildman–Crippen MR) is 157 cm³/mol. The molecule has 4 rings (SSSR count). The van der Waals surface area contributed by atoms with Gasteiger partial charge in [0.15, 0.2) is 5.82 Å². The molecule has 1 fully saturated rings. The van der Waals surface area contributed by atoms with E-state index in [2.05, 4.69) is 43.2 Å². The summed E-state index contributed by atoms with van der Waals surface area (Å²) in [6, 6.07) is 7.50. The van der Waals surface area contributed by atoms with Crippen LogP contribution in [0.2, 0.25) is 0 Å². The van der Waals surface area contributed by atoms with Gasteiger partial charge in [0.25, 0.3) is 0 Å². The lowest BCUT2D eigenvalue weighted by Crippen LogP contribution is -2.46. The largest absolute Gasteiger partial charge is 0.447 e. The van der Waals surface area contributed by atoms with Crippen LogP contribution in [0.15, 0.2) is 24.3 Å². The van der Waals surface area contributed by atoms with Crippen molar-refractivity contribution in [3.05, 3.63) is 35.5 Å². The summed E-state index contributed by atoms with van der Waals surface area (Å²) in [6.07, 6.45) is 2.13. The monoisotopic (exact) mass is 552 g/mol. The van der Waals surface area contributed by atoms with Crippen molar-refractivity contribution in [2.24, 2.45) is 5.41 Å². The number of amides is 3. The van der Waals surface area contributed by atoms with Crippen LogP contribution >= 0.6 is 0 Å². The van der Waals surface area contributed by atoms with E-state index in [9.17, 15) is 9.59 Å². The SMILES string of the molecule is CC(C)OC(=O)N1CCc2c(nc(-c3ccc(NC(=O)NCCCC(C)(C)C)cc3)nc2N2CCOCC2C)C1. The first kappa shape index (κ1) is 29.6. The minimum absolute atomic E-state index is 0.179.